The fourth-order valence-corrected chi connectivity index (χ4v) is 2.05. The van der Waals surface area contributed by atoms with E-state index in [1.165, 1.54) is 12.1 Å². The minimum atomic E-state index is -0.689. The highest BCUT2D eigenvalue weighted by molar-refractivity contribution is 6.33. The number of hydrogen-bond donors (Lipinski definition) is 2. The van der Waals surface area contributed by atoms with Crippen molar-refractivity contribution in [1.29, 1.82) is 0 Å². The summed E-state index contributed by atoms with van der Waals surface area (Å²) < 4.78 is 0. The molecule has 0 aliphatic carbocycles. The molecule has 0 spiro atoms. The van der Waals surface area contributed by atoms with Gasteiger partial charge in [-0.1, -0.05) is 34.8 Å². The van der Waals surface area contributed by atoms with Crippen molar-refractivity contribution in [3.8, 4) is 0 Å². The first-order valence-electron chi connectivity index (χ1n) is 5.65. The van der Waals surface area contributed by atoms with E-state index in [0.29, 0.717) is 10.7 Å². The van der Waals surface area contributed by atoms with Crippen LogP contribution in [0.4, 0.5) is 10.5 Å². The lowest BCUT2D eigenvalue weighted by Crippen LogP contribution is -2.34. The van der Waals surface area contributed by atoms with Crippen molar-refractivity contribution < 1.29 is 9.59 Å². The molecule has 2 N–H and O–H groups in total. The number of urea groups is 1. The molecular weight excluding hydrogens is 337 g/mol. The van der Waals surface area contributed by atoms with Gasteiger partial charge in [-0.05, 0) is 36.4 Å². The molecule has 5 nitrogen and oxygen atoms in total. The van der Waals surface area contributed by atoms with Crippen molar-refractivity contribution in [3.05, 3.63) is 57.3 Å². The Kier molecular flexibility index (Phi) is 5.01. The molecule has 8 heteroatoms. The quantitative estimate of drug-likeness (QED) is 0.809. The number of nitrogens with one attached hydrogen (secondary N) is 2. The first kappa shape index (κ1) is 15.6. The minimum Gasteiger partial charge on any atom is -0.308 e. The lowest BCUT2D eigenvalue weighted by molar-refractivity contribution is 0.0967. The minimum absolute atomic E-state index is 0.0609. The van der Waals surface area contributed by atoms with Crippen molar-refractivity contribution >= 4 is 52.4 Å². The zero-order chi connectivity index (χ0) is 15.4. The van der Waals surface area contributed by atoms with Crippen LogP contribution >= 0.6 is 34.8 Å². The summed E-state index contributed by atoms with van der Waals surface area (Å²) in [6.45, 7) is 0. The number of imide groups is 1. The number of halogens is 3. The Labute approximate surface area is 135 Å². The average molecular weight is 345 g/mol. The number of amides is 3. The highest BCUT2D eigenvalue weighted by atomic mass is 35.5. The molecule has 0 fully saturated rings. The van der Waals surface area contributed by atoms with Crippen LogP contribution < -0.4 is 10.6 Å². The number of rotatable bonds is 2. The van der Waals surface area contributed by atoms with Crippen LogP contribution in [0, 0.1) is 0 Å². The standard InChI is InChI=1S/C13H8Cl3N3O2/c14-8-1-3-9(4-2-8)17-13(21)19-12(20)7-5-10(15)18-11(16)6-7/h1-6H,(H2,17,19,20,21). The Hall–Kier alpha value is -1.82. The number of pyridine rings is 1. The zero-order valence-electron chi connectivity index (χ0n) is 10.4. The van der Waals surface area contributed by atoms with E-state index >= 15 is 0 Å². The Morgan fingerprint density at radius 3 is 2.10 bits per heavy atom. The third kappa shape index (κ3) is 4.60. The molecule has 0 aliphatic heterocycles. The first-order valence-corrected chi connectivity index (χ1v) is 6.78. The molecule has 0 atom stereocenters. The van der Waals surface area contributed by atoms with E-state index in [4.69, 9.17) is 34.8 Å². The molecule has 108 valence electrons. The van der Waals surface area contributed by atoms with E-state index in [-0.39, 0.29) is 15.9 Å². The van der Waals surface area contributed by atoms with Crippen LogP contribution in [0.25, 0.3) is 0 Å². The second-order valence-electron chi connectivity index (χ2n) is 3.92. The van der Waals surface area contributed by atoms with Gasteiger partial charge in [0, 0.05) is 16.3 Å². The molecule has 3 amide bonds. The molecule has 0 bridgehead atoms. The van der Waals surface area contributed by atoms with Crippen LogP contribution in [-0.4, -0.2) is 16.9 Å². The number of benzene rings is 1. The van der Waals surface area contributed by atoms with Crippen LogP contribution in [0.2, 0.25) is 15.3 Å². The summed E-state index contributed by atoms with van der Waals surface area (Å²) in [5.74, 6) is -0.646. The molecule has 0 unspecified atom stereocenters. The Balaban J connectivity index is 2.01. The summed E-state index contributed by atoms with van der Waals surface area (Å²) in [6, 6.07) is 8.35. The predicted octanol–water partition coefficient (Wildman–Crippen LogP) is 4.00. The van der Waals surface area contributed by atoms with Gasteiger partial charge in [-0.3, -0.25) is 10.1 Å². The maximum absolute atomic E-state index is 11.9. The molecule has 0 saturated carbocycles. The van der Waals surface area contributed by atoms with Crippen molar-refractivity contribution in [2.75, 3.05) is 5.32 Å². The van der Waals surface area contributed by atoms with Crippen molar-refractivity contribution in [1.82, 2.24) is 10.3 Å². The molecule has 2 aromatic rings. The summed E-state index contributed by atoms with van der Waals surface area (Å²) in [7, 11) is 0. The number of nitrogens with zero attached hydrogens (tertiary/aromatic N) is 1. The van der Waals surface area contributed by atoms with Gasteiger partial charge < -0.3 is 5.32 Å². The number of aromatic nitrogens is 1. The van der Waals surface area contributed by atoms with E-state index < -0.39 is 11.9 Å². The smallest absolute Gasteiger partial charge is 0.308 e. The highest BCUT2D eigenvalue weighted by Gasteiger charge is 2.12. The number of carbonyl (C=O) groups excluding carboxylic acids is 2. The monoisotopic (exact) mass is 343 g/mol. The normalized spacial score (nSPS) is 10.0. The first-order chi connectivity index (χ1) is 9.94. The van der Waals surface area contributed by atoms with Crippen LogP contribution in [0.5, 0.6) is 0 Å². The van der Waals surface area contributed by atoms with Gasteiger partial charge in [-0.15, -0.1) is 0 Å². The van der Waals surface area contributed by atoms with Gasteiger partial charge in [-0.25, -0.2) is 9.78 Å². The SMILES string of the molecule is O=C(NC(=O)c1cc(Cl)nc(Cl)c1)Nc1ccc(Cl)cc1. The third-order valence-corrected chi connectivity index (χ3v) is 2.99. The maximum Gasteiger partial charge on any atom is 0.326 e. The summed E-state index contributed by atoms with van der Waals surface area (Å²) in [6.07, 6.45) is 0. The molecule has 1 aromatic heterocycles. The van der Waals surface area contributed by atoms with Crippen molar-refractivity contribution in [2.45, 2.75) is 0 Å². The zero-order valence-corrected chi connectivity index (χ0v) is 12.6. The van der Waals surface area contributed by atoms with Crippen molar-refractivity contribution in [3.63, 3.8) is 0 Å². The summed E-state index contributed by atoms with van der Waals surface area (Å²) in [5, 5.41) is 5.30. The van der Waals surface area contributed by atoms with Gasteiger partial charge in [-0.2, -0.15) is 0 Å². The van der Waals surface area contributed by atoms with Gasteiger partial charge in [0.25, 0.3) is 5.91 Å². The summed E-state index contributed by atoms with van der Waals surface area (Å²) in [4.78, 5) is 27.3. The Morgan fingerprint density at radius 2 is 1.52 bits per heavy atom. The van der Waals surface area contributed by atoms with Gasteiger partial charge >= 0.3 is 6.03 Å². The van der Waals surface area contributed by atoms with Crippen LogP contribution in [0.1, 0.15) is 10.4 Å². The average Bonchev–Trinajstić information content (AvgIpc) is 2.40. The molecule has 0 saturated heterocycles. The lowest BCUT2D eigenvalue weighted by atomic mass is 10.2. The van der Waals surface area contributed by atoms with E-state index in [1.54, 1.807) is 24.3 Å². The van der Waals surface area contributed by atoms with Gasteiger partial charge in [0.1, 0.15) is 10.3 Å². The molecule has 0 radical (unpaired) electrons. The molecular formula is C13H8Cl3N3O2. The maximum atomic E-state index is 11.9. The van der Waals surface area contributed by atoms with E-state index in [2.05, 4.69) is 15.6 Å². The topological polar surface area (TPSA) is 71.1 Å². The Bertz CT molecular complexity index is 669. The highest BCUT2D eigenvalue weighted by Crippen LogP contribution is 2.15. The number of carbonyl (C=O) groups is 2. The van der Waals surface area contributed by atoms with E-state index in [9.17, 15) is 9.59 Å². The second-order valence-corrected chi connectivity index (χ2v) is 5.13. The van der Waals surface area contributed by atoms with Gasteiger partial charge in [0.2, 0.25) is 0 Å². The fraction of sp³-hybridized carbons (Fsp3) is 0. The summed E-state index contributed by atoms with van der Waals surface area (Å²) >= 11 is 17.1. The van der Waals surface area contributed by atoms with Gasteiger partial charge in [0.15, 0.2) is 0 Å². The van der Waals surface area contributed by atoms with Crippen LogP contribution in [0.15, 0.2) is 36.4 Å². The lowest BCUT2D eigenvalue weighted by Gasteiger charge is -2.07. The fourth-order valence-electron chi connectivity index (χ4n) is 1.47. The second kappa shape index (κ2) is 6.76. The van der Waals surface area contributed by atoms with E-state index in [0.717, 1.165) is 0 Å². The molecule has 21 heavy (non-hydrogen) atoms. The van der Waals surface area contributed by atoms with Crippen LogP contribution in [-0.2, 0) is 0 Å². The molecule has 2 rings (SSSR count). The predicted molar refractivity (Wildman–Crippen MR) is 82.2 cm³/mol. The van der Waals surface area contributed by atoms with E-state index in [1.807, 2.05) is 0 Å². The molecule has 0 aliphatic rings. The van der Waals surface area contributed by atoms with Crippen LogP contribution in [0.3, 0.4) is 0 Å². The molecule has 1 heterocycles. The Morgan fingerprint density at radius 1 is 0.952 bits per heavy atom. The van der Waals surface area contributed by atoms with Gasteiger partial charge in [0.05, 0.1) is 0 Å². The number of anilines is 1. The number of hydrogen-bond acceptors (Lipinski definition) is 3. The third-order valence-electron chi connectivity index (χ3n) is 2.35. The van der Waals surface area contributed by atoms with Crippen molar-refractivity contribution in [2.24, 2.45) is 0 Å². The largest absolute Gasteiger partial charge is 0.326 e. The molecule has 1 aromatic carbocycles. The summed E-state index contributed by atoms with van der Waals surface area (Å²) in [5.41, 5.74) is 0.627.